The minimum atomic E-state index is 0.00991. The molecule has 0 saturated heterocycles. The van der Waals surface area contributed by atoms with Crippen molar-refractivity contribution in [2.75, 3.05) is 0 Å². The van der Waals surface area contributed by atoms with E-state index in [2.05, 4.69) is 70.8 Å². The molecule has 1 atom stereocenters. The largest absolute Gasteiger partial charge is 0.259 e. The van der Waals surface area contributed by atoms with E-state index in [4.69, 9.17) is 4.99 Å². The molecule has 0 aliphatic carbocycles. The summed E-state index contributed by atoms with van der Waals surface area (Å²) < 4.78 is 0. The molecule has 0 radical (unpaired) electrons. The van der Waals surface area contributed by atoms with Gasteiger partial charge in [-0.1, -0.05) is 35.4 Å². The number of hydrogen-bond donors (Lipinski definition) is 0. The summed E-state index contributed by atoms with van der Waals surface area (Å²) >= 11 is 0. The lowest BCUT2D eigenvalue weighted by atomic mass is 9.86. The lowest BCUT2D eigenvalue weighted by Gasteiger charge is -2.20. The first kappa shape index (κ1) is 15.7. The van der Waals surface area contributed by atoms with E-state index in [0.717, 1.165) is 5.71 Å². The lowest BCUT2D eigenvalue weighted by Crippen LogP contribution is -2.15. The normalized spacial score (nSPS) is 16.8. The van der Waals surface area contributed by atoms with Crippen molar-refractivity contribution in [1.29, 1.82) is 0 Å². The molecule has 0 amide bonds. The van der Waals surface area contributed by atoms with Crippen molar-refractivity contribution < 1.29 is 0 Å². The summed E-state index contributed by atoms with van der Waals surface area (Å²) in [5.41, 5.74) is 11.4. The number of rotatable bonds is 2. The Labute approximate surface area is 139 Å². The van der Waals surface area contributed by atoms with Gasteiger partial charge < -0.3 is 0 Å². The van der Waals surface area contributed by atoms with Gasteiger partial charge in [-0.2, -0.15) is 0 Å². The molecular weight excluding hydrogens is 280 g/mol. The van der Waals surface area contributed by atoms with Crippen LogP contribution in [0.1, 0.15) is 50.5 Å². The van der Waals surface area contributed by atoms with Crippen LogP contribution >= 0.6 is 0 Å². The highest BCUT2D eigenvalue weighted by Gasteiger charge is 2.27. The van der Waals surface area contributed by atoms with Crippen LogP contribution in [0.3, 0.4) is 0 Å². The molecule has 0 N–H and O–H groups in total. The Bertz CT molecular complexity index is 795. The first-order valence-corrected chi connectivity index (χ1v) is 8.13. The predicted molar refractivity (Wildman–Crippen MR) is 99.1 cm³/mol. The molecule has 0 fully saturated rings. The van der Waals surface area contributed by atoms with Gasteiger partial charge in [0.05, 0.1) is 5.71 Å². The summed E-state index contributed by atoms with van der Waals surface area (Å²) in [6, 6.07) is 8.95. The molecule has 2 heteroatoms. The van der Waals surface area contributed by atoms with Gasteiger partial charge in [-0.25, -0.2) is 4.99 Å². The molecule has 0 bridgehead atoms. The zero-order chi connectivity index (χ0) is 16.7. The van der Waals surface area contributed by atoms with E-state index in [1.807, 2.05) is 0 Å². The highest BCUT2D eigenvalue weighted by Crippen LogP contribution is 2.33. The van der Waals surface area contributed by atoms with Crippen LogP contribution in [0.5, 0.6) is 0 Å². The first-order chi connectivity index (χ1) is 10.9. The summed E-state index contributed by atoms with van der Waals surface area (Å²) in [6.45, 7) is 13.0. The lowest BCUT2D eigenvalue weighted by molar-refractivity contribution is 0.952. The third kappa shape index (κ3) is 2.74. The molecule has 1 aliphatic rings. The fourth-order valence-electron chi connectivity index (χ4n) is 3.92. The van der Waals surface area contributed by atoms with Gasteiger partial charge in [0.2, 0.25) is 0 Å². The predicted octanol–water partition coefficient (Wildman–Crippen LogP) is 5.11. The topological polar surface area (TPSA) is 24.7 Å². The number of benzene rings is 2. The van der Waals surface area contributed by atoms with Gasteiger partial charge in [-0.05, 0) is 69.4 Å². The van der Waals surface area contributed by atoms with Gasteiger partial charge in [-0.3, -0.25) is 4.99 Å². The molecular formula is C21H24N2. The van der Waals surface area contributed by atoms with Crippen molar-refractivity contribution in [3.05, 3.63) is 68.8 Å². The van der Waals surface area contributed by atoms with Crippen LogP contribution in [0.4, 0.5) is 0 Å². The summed E-state index contributed by atoms with van der Waals surface area (Å²) in [5, 5.41) is 0. The van der Waals surface area contributed by atoms with E-state index in [-0.39, 0.29) is 6.04 Å². The Morgan fingerprint density at radius 3 is 1.70 bits per heavy atom. The van der Waals surface area contributed by atoms with E-state index in [9.17, 15) is 0 Å². The fraction of sp³-hybridized carbons (Fsp3) is 0.333. The second kappa shape index (κ2) is 5.77. The van der Waals surface area contributed by atoms with Gasteiger partial charge in [-0.15, -0.1) is 0 Å². The third-order valence-corrected chi connectivity index (χ3v) is 4.62. The Kier molecular flexibility index (Phi) is 3.93. The van der Waals surface area contributed by atoms with E-state index >= 15 is 0 Å². The maximum absolute atomic E-state index is 4.69. The van der Waals surface area contributed by atoms with E-state index < -0.39 is 0 Å². The minimum absolute atomic E-state index is 0.00991. The van der Waals surface area contributed by atoms with Crippen molar-refractivity contribution in [2.24, 2.45) is 9.98 Å². The van der Waals surface area contributed by atoms with Crippen LogP contribution in [-0.4, -0.2) is 12.1 Å². The Hall–Kier alpha value is -2.22. The molecule has 0 spiro atoms. The SMILES string of the molecule is Cc1cc(C)c(C2=NC=NC2c2c(C)cc(C)cc2C)c(C)c1. The molecule has 23 heavy (non-hydrogen) atoms. The molecule has 2 aromatic rings. The maximum Gasteiger partial charge on any atom is 0.120 e. The minimum Gasteiger partial charge on any atom is -0.259 e. The van der Waals surface area contributed by atoms with Gasteiger partial charge >= 0.3 is 0 Å². The standard InChI is InChI=1S/C21H24N2/c1-12-7-14(3)18(15(4)8-12)20-21(23-11-22-20)19-16(5)9-13(2)10-17(19)6/h7-11,20H,1-6H3. The summed E-state index contributed by atoms with van der Waals surface area (Å²) in [4.78, 5) is 9.34. The summed E-state index contributed by atoms with van der Waals surface area (Å²) in [6.07, 6.45) is 1.72. The fourth-order valence-corrected chi connectivity index (χ4v) is 3.92. The second-order valence-electron chi connectivity index (χ2n) is 6.77. The van der Waals surface area contributed by atoms with Crippen LogP contribution in [0, 0.1) is 41.5 Å². The second-order valence-corrected chi connectivity index (χ2v) is 6.77. The van der Waals surface area contributed by atoms with Crippen LogP contribution < -0.4 is 0 Å². The van der Waals surface area contributed by atoms with E-state index in [1.165, 1.54) is 44.5 Å². The third-order valence-electron chi connectivity index (χ3n) is 4.62. The molecule has 0 aromatic heterocycles. The highest BCUT2D eigenvalue weighted by atomic mass is 15.0. The molecule has 2 aromatic carbocycles. The quantitative estimate of drug-likeness (QED) is 0.736. The molecule has 2 nitrogen and oxygen atoms in total. The Morgan fingerprint density at radius 2 is 1.17 bits per heavy atom. The van der Waals surface area contributed by atoms with Gasteiger partial charge in [0.15, 0.2) is 0 Å². The molecule has 3 rings (SSSR count). The van der Waals surface area contributed by atoms with Gasteiger partial charge in [0.25, 0.3) is 0 Å². The van der Waals surface area contributed by atoms with Crippen LogP contribution in [-0.2, 0) is 0 Å². The Morgan fingerprint density at radius 1 is 0.696 bits per heavy atom. The van der Waals surface area contributed by atoms with E-state index in [0.29, 0.717) is 0 Å². The first-order valence-electron chi connectivity index (χ1n) is 8.13. The molecule has 0 saturated carbocycles. The molecule has 1 aliphatic heterocycles. The number of hydrogen-bond acceptors (Lipinski definition) is 2. The van der Waals surface area contributed by atoms with Crippen LogP contribution in [0.2, 0.25) is 0 Å². The van der Waals surface area contributed by atoms with Gasteiger partial charge in [0.1, 0.15) is 12.4 Å². The van der Waals surface area contributed by atoms with Crippen LogP contribution in [0.15, 0.2) is 34.3 Å². The summed E-state index contributed by atoms with van der Waals surface area (Å²) in [5.74, 6) is 0. The smallest absolute Gasteiger partial charge is 0.120 e. The van der Waals surface area contributed by atoms with E-state index in [1.54, 1.807) is 6.34 Å². The summed E-state index contributed by atoms with van der Waals surface area (Å²) in [7, 11) is 0. The molecule has 1 heterocycles. The average Bonchev–Trinajstić information content (AvgIpc) is 2.85. The van der Waals surface area contributed by atoms with Crippen molar-refractivity contribution in [1.82, 2.24) is 0 Å². The average molecular weight is 304 g/mol. The van der Waals surface area contributed by atoms with Crippen molar-refractivity contribution in [3.8, 4) is 0 Å². The number of aliphatic imine (C=N–C) groups is 2. The van der Waals surface area contributed by atoms with Gasteiger partial charge in [0, 0.05) is 5.56 Å². The Balaban J connectivity index is 2.14. The molecule has 118 valence electrons. The number of aryl methyl sites for hydroxylation is 6. The highest BCUT2D eigenvalue weighted by molar-refractivity contribution is 6.12. The van der Waals surface area contributed by atoms with Crippen LogP contribution in [0.25, 0.3) is 0 Å². The zero-order valence-electron chi connectivity index (χ0n) is 14.9. The van der Waals surface area contributed by atoms with Crippen molar-refractivity contribution >= 4 is 12.1 Å². The van der Waals surface area contributed by atoms with Crippen molar-refractivity contribution in [2.45, 2.75) is 47.6 Å². The maximum atomic E-state index is 4.69. The monoisotopic (exact) mass is 304 g/mol. The zero-order valence-corrected chi connectivity index (χ0v) is 14.9. The number of nitrogens with zero attached hydrogens (tertiary/aromatic N) is 2. The molecule has 1 unspecified atom stereocenters. The van der Waals surface area contributed by atoms with Crippen molar-refractivity contribution in [3.63, 3.8) is 0 Å².